The van der Waals surface area contributed by atoms with Crippen molar-refractivity contribution in [2.45, 2.75) is 180 Å². The van der Waals surface area contributed by atoms with Crippen LogP contribution in [0, 0.1) is 0 Å². The fraction of sp³-hybridized carbons (Fsp3) is 0.938. The van der Waals surface area contributed by atoms with Crippen molar-refractivity contribution in [3.8, 4) is 0 Å². The summed E-state index contributed by atoms with van der Waals surface area (Å²) in [6.45, 7) is 5.31. The van der Waals surface area contributed by atoms with Gasteiger partial charge in [0.25, 0.3) is 0 Å². The average molecular weight is 541 g/mol. The lowest BCUT2D eigenvalue weighted by atomic mass is 9.95. The van der Waals surface area contributed by atoms with Crippen LogP contribution in [0.25, 0.3) is 0 Å². The smallest absolute Gasteiger partial charge is 0.434 e. The van der Waals surface area contributed by atoms with Gasteiger partial charge in [-0.15, -0.1) is 0 Å². The zero-order valence-corrected chi connectivity index (χ0v) is 25.0. The summed E-state index contributed by atoms with van der Waals surface area (Å²) >= 11 is 0. The Hall–Kier alpha value is -1.46. The van der Waals surface area contributed by atoms with E-state index in [-0.39, 0.29) is 12.2 Å². The summed E-state index contributed by atoms with van der Waals surface area (Å²) in [5.74, 6) is 0. The van der Waals surface area contributed by atoms with E-state index >= 15 is 0 Å². The monoisotopic (exact) mass is 540 g/mol. The lowest BCUT2D eigenvalue weighted by Gasteiger charge is -2.28. The maximum absolute atomic E-state index is 12.1. The number of unbranched alkanes of at least 4 members (excludes halogenated alkanes) is 18. The summed E-state index contributed by atoms with van der Waals surface area (Å²) in [7, 11) is 0. The van der Waals surface area contributed by atoms with Crippen LogP contribution in [0.1, 0.15) is 168 Å². The van der Waals surface area contributed by atoms with Crippen LogP contribution in [-0.4, -0.2) is 37.7 Å². The maximum atomic E-state index is 12.1. The lowest BCUT2D eigenvalue weighted by molar-refractivity contribution is -0.0350. The molecule has 0 aromatic heterocycles. The number of hydrogen-bond donors (Lipinski definition) is 0. The molecule has 0 saturated heterocycles. The van der Waals surface area contributed by atoms with Crippen molar-refractivity contribution >= 4 is 12.3 Å². The summed E-state index contributed by atoms with van der Waals surface area (Å²) < 4.78 is 21.5. The second-order valence-electron chi connectivity index (χ2n) is 11.2. The normalized spacial score (nSPS) is 17.2. The Labute approximate surface area is 234 Å². The molecule has 0 aromatic rings. The van der Waals surface area contributed by atoms with E-state index < -0.39 is 12.3 Å². The zero-order valence-electron chi connectivity index (χ0n) is 25.0. The Morgan fingerprint density at radius 2 is 0.816 bits per heavy atom. The van der Waals surface area contributed by atoms with Gasteiger partial charge in [0.05, 0.1) is 13.2 Å². The fourth-order valence-corrected chi connectivity index (χ4v) is 5.15. The molecule has 6 nitrogen and oxygen atoms in total. The van der Waals surface area contributed by atoms with Gasteiger partial charge in [-0.25, -0.2) is 9.59 Å². The highest BCUT2D eigenvalue weighted by atomic mass is 16.7. The van der Waals surface area contributed by atoms with E-state index in [0.717, 1.165) is 44.9 Å². The van der Waals surface area contributed by atoms with Crippen LogP contribution in [0.15, 0.2) is 0 Å². The molecule has 1 fully saturated rings. The van der Waals surface area contributed by atoms with Crippen molar-refractivity contribution < 1.29 is 28.5 Å². The van der Waals surface area contributed by atoms with Gasteiger partial charge < -0.3 is 18.9 Å². The number of rotatable bonds is 24. The molecule has 0 amide bonds. The summed E-state index contributed by atoms with van der Waals surface area (Å²) in [6.07, 6.45) is 26.1. The van der Waals surface area contributed by atoms with E-state index in [2.05, 4.69) is 13.8 Å². The van der Waals surface area contributed by atoms with Crippen LogP contribution in [0.2, 0.25) is 0 Å². The standard InChI is InChI=1S/C32H60O6/c1-3-5-7-9-11-13-15-17-19-21-26-35-31(33)37-29-24-23-25-30(28-29)38-32(34)36-27-22-20-18-16-14-12-10-8-6-4-2/h29-30H,3-28H2,1-2H3. The summed E-state index contributed by atoms with van der Waals surface area (Å²) in [5, 5.41) is 0. The summed E-state index contributed by atoms with van der Waals surface area (Å²) in [6, 6.07) is 0. The second-order valence-corrected chi connectivity index (χ2v) is 11.2. The van der Waals surface area contributed by atoms with Crippen molar-refractivity contribution in [2.24, 2.45) is 0 Å². The van der Waals surface area contributed by atoms with Crippen molar-refractivity contribution in [3.05, 3.63) is 0 Å². The average Bonchev–Trinajstić information content (AvgIpc) is 2.90. The zero-order chi connectivity index (χ0) is 27.5. The highest BCUT2D eigenvalue weighted by molar-refractivity contribution is 5.60. The molecule has 6 heteroatoms. The molecule has 0 radical (unpaired) electrons. The molecule has 0 bridgehead atoms. The molecular weight excluding hydrogens is 480 g/mol. The van der Waals surface area contributed by atoms with Crippen LogP contribution in [0.4, 0.5) is 9.59 Å². The van der Waals surface area contributed by atoms with Gasteiger partial charge in [-0.2, -0.15) is 0 Å². The molecule has 0 spiro atoms. The van der Waals surface area contributed by atoms with Crippen molar-refractivity contribution in [1.82, 2.24) is 0 Å². The van der Waals surface area contributed by atoms with Crippen LogP contribution >= 0.6 is 0 Å². The molecule has 1 aliphatic carbocycles. The van der Waals surface area contributed by atoms with E-state index in [1.54, 1.807) is 0 Å². The summed E-state index contributed by atoms with van der Waals surface area (Å²) in [4.78, 5) is 24.1. The number of ether oxygens (including phenoxy) is 4. The first-order valence-corrected chi connectivity index (χ1v) is 16.3. The largest absolute Gasteiger partial charge is 0.508 e. The van der Waals surface area contributed by atoms with Gasteiger partial charge in [0, 0.05) is 6.42 Å². The topological polar surface area (TPSA) is 71.1 Å². The van der Waals surface area contributed by atoms with Gasteiger partial charge in [-0.05, 0) is 32.1 Å². The molecule has 1 saturated carbocycles. The molecule has 2 atom stereocenters. The maximum Gasteiger partial charge on any atom is 0.508 e. The molecule has 0 N–H and O–H groups in total. The summed E-state index contributed by atoms with van der Waals surface area (Å²) in [5.41, 5.74) is 0. The van der Waals surface area contributed by atoms with Crippen LogP contribution < -0.4 is 0 Å². The second kappa shape index (κ2) is 25.8. The van der Waals surface area contributed by atoms with E-state index in [1.165, 1.54) is 103 Å². The van der Waals surface area contributed by atoms with Gasteiger partial charge in [0.2, 0.25) is 0 Å². The van der Waals surface area contributed by atoms with Gasteiger partial charge in [0.1, 0.15) is 12.2 Å². The SMILES string of the molecule is CCCCCCCCCCCCOC(=O)OC1CCCC(OC(=O)OCCCCCCCCCCCC)C1. The molecule has 2 unspecified atom stereocenters. The Morgan fingerprint density at radius 3 is 1.16 bits per heavy atom. The van der Waals surface area contributed by atoms with Gasteiger partial charge in [-0.3, -0.25) is 0 Å². The minimum atomic E-state index is -0.602. The Balaban J connectivity index is 1.97. The molecular formula is C32H60O6. The predicted octanol–water partition coefficient (Wildman–Crippen LogP) is 10.4. The van der Waals surface area contributed by atoms with E-state index in [1.807, 2.05) is 0 Å². The van der Waals surface area contributed by atoms with Crippen LogP contribution in [0.3, 0.4) is 0 Å². The molecule has 38 heavy (non-hydrogen) atoms. The Kier molecular flexibility index (Phi) is 23.5. The first kappa shape index (κ1) is 34.6. The highest BCUT2D eigenvalue weighted by Crippen LogP contribution is 2.24. The Morgan fingerprint density at radius 1 is 0.500 bits per heavy atom. The lowest BCUT2D eigenvalue weighted by Crippen LogP contribution is -2.32. The van der Waals surface area contributed by atoms with Crippen LogP contribution in [0.5, 0.6) is 0 Å². The van der Waals surface area contributed by atoms with E-state index in [9.17, 15) is 9.59 Å². The molecule has 0 aromatic carbocycles. The van der Waals surface area contributed by atoms with E-state index in [0.29, 0.717) is 19.6 Å². The third kappa shape index (κ3) is 21.5. The minimum Gasteiger partial charge on any atom is -0.434 e. The predicted molar refractivity (Wildman–Crippen MR) is 155 cm³/mol. The molecule has 224 valence electrons. The van der Waals surface area contributed by atoms with Gasteiger partial charge >= 0.3 is 12.3 Å². The minimum absolute atomic E-state index is 0.260. The number of carbonyl (C=O) groups excluding carboxylic acids is 2. The van der Waals surface area contributed by atoms with E-state index in [4.69, 9.17) is 18.9 Å². The number of carbonyl (C=O) groups is 2. The Bertz CT molecular complexity index is 506. The van der Waals surface area contributed by atoms with Crippen molar-refractivity contribution in [1.29, 1.82) is 0 Å². The van der Waals surface area contributed by atoms with Gasteiger partial charge in [0.15, 0.2) is 0 Å². The molecule has 1 rings (SSSR count). The molecule has 0 heterocycles. The molecule has 1 aliphatic rings. The fourth-order valence-electron chi connectivity index (χ4n) is 5.15. The number of hydrogen-bond acceptors (Lipinski definition) is 6. The van der Waals surface area contributed by atoms with Crippen molar-refractivity contribution in [3.63, 3.8) is 0 Å². The quantitative estimate of drug-likeness (QED) is 0.0895. The van der Waals surface area contributed by atoms with Crippen LogP contribution in [-0.2, 0) is 18.9 Å². The van der Waals surface area contributed by atoms with Gasteiger partial charge in [-0.1, -0.05) is 129 Å². The highest BCUT2D eigenvalue weighted by Gasteiger charge is 2.28. The third-order valence-corrected chi connectivity index (χ3v) is 7.54. The molecule has 0 aliphatic heterocycles. The first-order valence-electron chi connectivity index (χ1n) is 16.3. The van der Waals surface area contributed by atoms with Crippen molar-refractivity contribution in [2.75, 3.05) is 13.2 Å². The first-order chi connectivity index (χ1) is 18.7. The third-order valence-electron chi connectivity index (χ3n) is 7.54.